The molecule has 0 amide bonds. The van der Waals surface area contributed by atoms with E-state index >= 15 is 0 Å². The van der Waals surface area contributed by atoms with Crippen molar-refractivity contribution in [2.24, 2.45) is 7.05 Å². The van der Waals surface area contributed by atoms with Crippen LogP contribution in [0.5, 0.6) is 0 Å². The van der Waals surface area contributed by atoms with Crippen LogP contribution in [0.3, 0.4) is 0 Å². The van der Waals surface area contributed by atoms with Gasteiger partial charge in [-0.3, -0.25) is 4.79 Å². The molecule has 4 nitrogen and oxygen atoms in total. The molecule has 0 saturated carbocycles. The molecule has 0 N–H and O–H groups in total. The Kier molecular flexibility index (Phi) is 4.91. The van der Waals surface area contributed by atoms with Gasteiger partial charge < -0.3 is 4.57 Å². The van der Waals surface area contributed by atoms with E-state index in [1.165, 1.54) is 30.3 Å². The van der Waals surface area contributed by atoms with Gasteiger partial charge in [-0.2, -0.15) is 36.0 Å². The van der Waals surface area contributed by atoms with Crippen LogP contribution >= 0.6 is 0 Å². The van der Waals surface area contributed by atoms with E-state index in [0.29, 0.717) is 33.7 Å². The third-order valence-electron chi connectivity index (χ3n) is 5.19. The molecular formula is C22H15F6N3O. The molecule has 0 bridgehead atoms. The van der Waals surface area contributed by atoms with Crippen LogP contribution in [0.1, 0.15) is 16.8 Å². The minimum Gasteiger partial charge on any atom is -0.328 e. The first-order chi connectivity index (χ1) is 14.9. The first kappa shape index (κ1) is 21.7. The second-order valence-corrected chi connectivity index (χ2v) is 7.27. The topological polar surface area (TPSA) is 39.3 Å². The molecule has 32 heavy (non-hydrogen) atoms. The van der Waals surface area contributed by atoms with Crippen molar-refractivity contribution in [2.75, 3.05) is 0 Å². The van der Waals surface area contributed by atoms with Crippen LogP contribution in [-0.2, 0) is 19.4 Å². The fraction of sp³-hybridized carbons (Fsp3) is 0.182. The first-order valence-electron chi connectivity index (χ1n) is 9.32. The summed E-state index contributed by atoms with van der Waals surface area (Å²) < 4.78 is 80.1. The largest absolute Gasteiger partial charge is 0.416 e. The number of hydrogen-bond acceptors (Lipinski definition) is 2. The molecule has 0 aliphatic carbocycles. The minimum absolute atomic E-state index is 0.310. The molecule has 166 valence electrons. The van der Waals surface area contributed by atoms with Gasteiger partial charge in [0.2, 0.25) is 0 Å². The Hall–Kier alpha value is -3.56. The van der Waals surface area contributed by atoms with Crippen LogP contribution < -0.4 is 5.56 Å². The van der Waals surface area contributed by atoms with E-state index < -0.39 is 29.0 Å². The van der Waals surface area contributed by atoms with E-state index in [0.717, 1.165) is 28.8 Å². The number of aryl methyl sites for hydroxylation is 2. The normalized spacial score (nSPS) is 12.5. The van der Waals surface area contributed by atoms with Crippen molar-refractivity contribution in [3.05, 3.63) is 81.8 Å². The van der Waals surface area contributed by atoms with Gasteiger partial charge in [-0.15, -0.1) is 0 Å². The van der Waals surface area contributed by atoms with Crippen LogP contribution in [0, 0.1) is 6.92 Å². The monoisotopic (exact) mass is 451 g/mol. The molecule has 0 atom stereocenters. The molecule has 0 fully saturated rings. The fourth-order valence-corrected chi connectivity index (χ4v) is 3.64. The zero-order valence-corrected chi connectivity index (χ0v) is 16.7. The molecule has 2 aromatic carbocycles. The smallest absolute Gasteiger partial charge is 0.328 e. The maximum Gasteiger partial charge on any atom is 0.416 e. The third-order valence-corrected chi connectivity index (χ3v) is 5.19. The van der Waals surface area contributed by atoms with E-state index in [4.69, 9.17) is 0 Å². The summed E-state index contributed by atoms with van der Waals surface area (Å²) in [6, 6.07) is 10.1. The molecule has 0 radical (unpaired) electrons. The lowest BCUT2D eigenvalue weighted by Gasteiger charge is -2.14. The molecule has 2 aromatic heterocycles. The molecule has 0 saturated heterocycles. The summed E-state index contributed by atoms with van der Waals surface area (Å²) >= 11 is 0. The highest BCUT2D eigenvalue weighted by Crippen LogP contribution is 2.34. The zero-order valence-electron chi connectivity index (χ0n) is 16.7. The highest BCUT2D eigenvalue weighted by atomic mass is 19.4. The number of benzene rings is 2. The van der Waals surface area contributed by atoms with Crippen molar-refractivity contribution in [1.29, 1.82) is 0 Å². The molecule has 4 aromatic rings. The fourth-order valence-electron chi connectivity index (χ4n) is 3.64. The van der Waals surface area contributed by atoms with Gasteiger partial charge >= 0.3 is 12.4 Å². The quantitative estimate of drug-likeness (QED) is 0.366. The molecule has 2 heterocycles. The van der Waals surface area contributed by atoms with Gasteiger partial charge in [-0.1, -0.05) is 24.3 Å². The number of hydrogen-bond donors (Lipinski definition) is 0. The number of halogens is 6. The SMILES string of the molecule is Cc1nn2c(=O)cc(-c3ccc(C(F)(F)F)cc3)n(C)c2c1-c1ccc(C(F)(F)F)cc1. The maximum absolute atomic E-state index is 12.9. The number of nitrogens with zero attached hydrogens (tertiary/aromatic N) is 3. The van der Waals surface area contributed by atoms with Crippen molar-refractivity contribution in [2.45, 2.75) is 19.3 Å². The van der Waals surface area contributed by atoms with Gasteiger partial charge in [0.15, 0.2) is 0 Å². The molecule has 10 heteroatoms. The van der Waals surface area contributed by atoms with Crippen molar-refractivity contribution >= 4 is 5.65 Å². The van der Waals surface area contributed by atoms with Gasteiger partial charge in [0.05, 0.1) is 22.5 Å². The summed E-state index contributed by atoms with van der Waals surface area (Å²) in [7, 11) is 1.61. The lowest BCUT2D eigenvalue weighted by atomic mass is 10.0. The van der Waals surface area contributed by atoms with E-state index in [2.05, 4.69) is 5.10 Å². The predicted octanol–water partition coefficient (Wildman–Crippen LogP) is 5.71. The number of aromatic nitrogens is 3. The van der Waals surface area contributed by atoms with Gasteiger partial charge in [-0.05, 0) is 42.3 Å². The summed E-state index contributed by atoms with van der Waals surface area (Å²) in [5, 5.41) is 4.21. The Balaban J connectivity index is 1.91. The molecule has 0 unspecified atom stereocenters. The van der Waals surface area contributed by atoms with Gasteiger partial charge in [0.1, 0.15) is 5.65 Å². The van der Waals surface area contributed by atoms with E-state index in [9.17, 15) is 31.1 Å². The van der Waals surface area contributed by atoms with Crippen LogP contribution in [-0.4, -0.2) is 14.2 Å². The summed E-state index contributed by atoms with van der Waals surface area (Å²) in [6.07, 6.45) is -8.98. The Morgan fingerprint density at radius 1 is 0.781 bits per heavy atom. The van der Waals surface area contributed by atoms with Crippen LogP contribution in [0.2, 0.25) is 0 Å². The van der Waals surface area contributed by atoms with E-state index in [1.807, 2.05) is 0 Å². The van der Waals surface area contributed by atoms with Crippen molar-refractivity contribution in [3.63, 3.8) is 0 Å². The van der Waals surface area contributed by atoms with Crippen LogP contribution in [0.15, 0.2) is 59.4 Å². The van der Waals surface area contributed by atoms with Crippen molar-refractivity contribution < 1.29 is 26.3 Å². The minimum atomic E-state index is -4.49. The molecule has 0 aliphatic heterocycles. The van der Waals surface area contributed by atoms with Crippen molar-refractivity contribution in [1.82, 2.24) is 14.2 Å². The highest BCUT2D eigenvalue weighted by Gasteiger charge is 2.31. The molecule has 4 rings (SSSR count). The molecule has 0 spiro atoms. The first-order valence-corrected chi connectivity index (χ1v) is 9.32. The number of rotatable bonds is 2. The maximum atomic E-state index is 12.9. The van der Waals surface area contributed by atoms with E-state index in [-0.39, 0.29) is 0 Å². The van der Waals surface area contributed by atoms with Gasteiger partial charge in [0.25, 0.3) is 5.56 Å². The van der Waals surface area contributed by atoms with Crippen LogP contribution in [0.4, 0.5) is 26.3 Å². The summed E-state index contributed by atoms with van der Waals surface area (Å²) in [4.78, 5) is 12.7. The lowest BCUT2D eigenvalue weighted by Crippen LogP contribution is -2.18. The second kappa shape index (κ2) is 7.25. The van der Waals surface area contributed by atoms with Crippen LogP contribution in [0.25, 0.3) is 28.0 Å². The van der Waals surface area contributed by atoms with E-state index in [1.54, 1.807) is 18.5 Å². The average molecular weight is 451 g/mol. The predicted molar refractivity (Wildman–Crippen MR) is 106 cm³/mol. The number of fused-ring (bicyclic) bond motifs is 1. The Labute approximate surface area is 177 Å². The highest BCUT2D eigenvalue weighted by molar-refractivity contribution is 5.82. The summed E-state index contributed by atoms with van der Waals surface area (Å²) in [5.41, 5.74) is 0.160. The summed E-state index contributed by atoms with van der Waals surface area (Å²) in [6.45, 7) is 1.62. The summed E-state index contributed by atoms with van der Waals surface area (Å²) in [5.74, 6) is 0. The molecule has 0 aliphatic rings. The second-order valence-electron chi connectivity index (χ2n) is 7.27. The van der Waals surface area contributed by atoms with Gasteiger partial charge in [-0.25, -0.2) is 0 Å². The lowest BCUT2D eigenvalue weighted by molar-refractivity contribution is -0.138. The van der Waals surface area contributed by atoms with Crippen molar-refractivity contribution in [3.8, 4) is 22.4 Å². The standard InChI is InChI=1S/C22H15F6N3O/c1-12-19(14-5-9-16(10-6-14)22(26,27)28)20-30(2)17(11-18(32)31(20)29-12)13-3-7-15(8-4-13)21(23,24)25/h3-11H,1-2H3. The zero-order chi connectivity index (χ0) is 23.4. The average Bonchev–Trinajstić information content (AvgIpc) is 3.07. The molecular weight excluding hydrogens is 436 g/mol. The Morgan fingerprint density at radius 2 is 1.25 bits per heavy atom. The Bertz CT molecular complexity index is 1360. The number of alkyl halides is 6. The third kappa shape index (κ3) is 3.65. The Morgan fingerprint density at radius 3 is 1.72 bits per heavy atom. The van der Waals surface area contributed by atoms with Gasteiger partial charge in [0, 0.05) is 18.7 Å².